The third kappa shape index (κ3) is 9.76. The number of allylic oxidation sites excluding steroid dienone is 1. The molecule has 5 aliphatic rings. The van der Waals surface area contributed by atoms with E-state index < -0.39 is 160 Å². The summed E-state index contributed by atoms with van der Waals surface area (Å²) < 4.78 is 54.3. The van der Waals surface area contributed by atoms with E-state index in [1.54, 1.807) is 28.8 Å². The summed E-state index contributed by atoms with van der Waals surface area (Å²) in [7, 11) is 0. The van der Waals surface area contributed by atoms with Crippen molar-refractivity contribution in [2.75, 3.05) is 19.8 Å². The van der Waals surface area contributed by atoms with Crippen molar-refractivity contribution in [3.63, 3.8) is 0 Å². The van der Waals surface area contributed by atoms with Gasteiger partial charge in [-0.25, -0.2) is 0 Å². The molecule has 27 nitrogen and oxygen atoms in total. The Morgan fingerprint density at radius 2 is 1.18 bits per heavy atom. The van der Waals surface area contributed by atoms with Crippen molar-refractivity contribution < 1.29 is 128 Å². The van der Waals surface area contributed by atoms with Crippen LogP contribution in [0.25, 0.3) is 16.6 Å². The maximum absolute atomic E-state index is 12.4. The van der Waals surface area contributed by atoms with Gasteiger partial charge in [0, 0.05) is 28.6 Å². The molecular formula is C47H49NO26. The zero-order valence-electron chi connectivity index (χ0n) is 38.1. The Hall–Kier alpha value is -6.70. The summed E-state index contributed by atoms with van der Waals surface area (Å²) in [5.74, 6) is -7.91. The third-order valence-electron chi connectivity index (χ3n) is 13.0. The van der Waals surface area contributed by atoms with Gasteiger partial charge in [0.2, 0.25) is 18.5 Å². The minimum atomic E-state index is -2.13. The number of aliphatic carboxylic acids is 2. The lowest BCUT2D eigenvalue weighted by Crippen LogP contribution is -2.64. The molecule has 0 radical (unpaired) electrons. The number of aliphatic hydroxyl groups excluding tert-OH is 9. The van der Waals surface area contributed by atoms with Gasteiger partial charge in [-0.2, -0.15) is 0 Å². The summed E-state index contributed by atoms with van der Waals surface area (Å²) in [6, 6.07) is 14.9. The molecule has 16 unspecified atom stereocenters. The fraction of sp³-hybridized carbons (Fsp3) is 0.447. The second-order valence-electron chi connectivity index (χ2n) is 17.8. The molecule has 6 heterocycles. The second kappa shape index (κ2) is 20.9. The molecule has 4 bridgehead atoms. The molecule has 0 aliphatic carbocycles. The summed E-state index contributed by atoms with van der Waals surface area (Å²) in [6.45, 7) is -2.53. The first-order valence-corrected chi connectivity index (χ1v) is 22.7. The molecular weight excluding hydrogens is 994 g/mol. The van der Waals surface area contributed by atoms with Gasteiger partial charge < -0.3 is 109 Å². The highest BCUT2D eigenvalue weighted by Crippen LogP contribution is 2.61. The van der Waals surface area contributed by atoms with Crippen LogP contribution >= 0.6 is 0 Å². The normalized spacial score (nSPS) is 32.2. The smallest absolute Gasteiger partial charge is 0.317 e. The van der Waals surface area contributed by atoms with Crippen LogP contribution in [0, 0.1) is 0 Å². The summed E-state index contributed by atoms with van der Waals surface area (Å²) in [4.78, 5) is 46.6. The largest absolute Gasteiger partial charge is 0.508 e. The highest BCUT2D eigenvalue weighted by Gasteiger charge is 2.54. The molecule has 0 amide bonds. The van der Waals surface area contributed by atoms with E-state index >= 15 is 0 Å². The van der Waals surface area contributed by atoms with Crippen LogP contribution in [0.3, 0.4) is 0 Å². The number of para-hydroxylation sites is 1. The number of hydrogen-bond donors (Lipinski definition) is 13. The van der Waals surface area contributed by atoms with Crippen LogP contribution in [-0.2, 0) is 52.3 Å². The number of aromatic hydroxyl groups is 2. The molecule has 4 aromatic rings. The van der Waals surface area contributed by atoms with Crippen molar-refractivity contribution in [3.8, 4) is 28.9 Å². The number of ether oxygens (including phenoxy) is 9. The number of nitrogens with zero attached hydrogens (tertiary/aromatic N) is 1. The van der Waals surface area contributed by atoms with Crippen LogP contribution in [0.1, 0.15) is 35.4 Å². The monoisotopic (exact) mass is 1040 g/mol. The first-order valence-electron chi connectivity index (χ1n) is 22.7. The van der Waals surface area contributed by atoms with Crippen LogP contribution in [0.5, 0.6) is 28.9 Å². The van der Waals surface area contributed by atoms with Crippen LogP contribution in [0.4, 0.5) is 0 Å². The average Bonchev–Trinajstić information content (AvgIpc) is 3.66. The number of aromatic nitrogens is 1. The number of phenolic OH excluding ortho intramolecular Hbond substituents is 2. The Balaban J connectivity index is 1.14. The van der Waals surface area contributed by atoms with E-state index in [2.05, 4.69) is 0 Å². The van der Waals surface area contributed by atoms with Crippen molar-refractivity contribution in [3.05, 3.63) is 83.1 Å². The van der Waals surface area contributed by atoms with Crippen molar-refractivity contribution in [1.29, 1.82) is 0 Å². The van der Waals surface area contributed by atoms with Crippen LogP contribution < -0.4 is 9.47 Å². The lowest BCUT2D eigenvalue weighted by atomic mass is 9.83. The van der Waals surface area contributed by atoms with Gasteiger partial charge >= 0.3 is 23.9 Å². The number of esters is 2. The van der Waals surface area contributed by atoms with Gasteiger partial charge in [0.1, 0.15) is 122 Å². The first kappa shape index (κ1) is 52.2. The van der Waals surface area contributed by atoms with Crippen molar-refractivity contribution >= 4 is 40.5 Å². The maximum Gasteiger partial charge on any atom is 0.317 e. The molecule has 1 aromatic heterocycles. The number of carbonyl (C=O) groups is 4. The molecule has 3 fully saturated rings. The zero-order chi connectivity index (χ0) is 53.0. The summed E-state index contributed by atoms with van der Waals surface area (Å²) in [6.07, 6.45) is -30.5. The first-order chi connectivity index (χ1) is 35.3. The lowest BCUT2D eigenvalue weighted by molar-refractivity contribution is -0.363. The van der Waals surface area contributed by atoms with Gasteiger partial charge in [-0.1, -0.05) is 18.2 Å². The van der Waals surface area contributed by atoms with Crippen LogP contribution in [-0.4, -0.2) is 207 Å². The molecule has 13 N–H and O–H groups in total. The lowest BCUT2D eigenvalue weighted by Gasteiger charge is -2.46. The van der Waals surface area contributed by atoms with Crippen molar-refractivity contribution in [1.82, 2.24) is 4.57 Å². The van der Waals surface area contributed by atoms with E-state index in [0.717, 1.165) is 6.07 Å². The van der Waals surface area contributed by atoms with Crippen molar-refractivity contribution in [2.24, 2.45) is 0 Å². The predicted octanol–water partition coefficient (Wildman–Crippen LogP) is -2.61. The number of benzene rings is 3. The number of carboxylic acid groups (broad SMARTS) is 2. The number of carboxylic acids is 2. The molecule has 27 heteroatoms. The number of aliphatic hydroxyl groups is 9. The topological polar surface area (TPSA) is 419 Å². The van der Waals surface area contributed by atoms with E-state index in [0.29, 0.717) is 22.0 Å². The van der Waals surface area contributed by atoms with Gasteiger partial charge in [0.05, 0.1) is 29.3 Å². The Bertz CT molecular complexity index is 2810. The van der Waals surface area contributed by atoms with E-state index in [9.17, 15) is 75.3 Å². The second-order valence-corrected chi connectivity index (χ2v) is 17.8. The summed E-state index contributed by atoms with van der Waals surface area (Å²) in [5, 5.41) is 139. The zero-order valence-corrected chi connectivity index (χ0v) is 38.1. The van der Waals surface area contributed by atoms with E-state index in [-0.39, 0.29) is 40.1 Å². The average molecular weight is 1040 g/mol. The Morgan fingerprint density at radius 3 is 1.80 bits per heavy atom. The van der Waals surface area contributed by atoms with Crippen LogP contribution in [0.15, 0.2) is 66.4 Å². The molecule has 0 spiro atoms. The standard InChI is InChI=1S/C47H49NO26/c49-13-23-34(58)37(61)41(65)46(70-23)74-43-39(63)36(60)25(15-67-29(57)12-27(54)55)72-47(43)73-42-32-30-19-3-1-2-4-20(19)48(33(42)16-5-7-17(50)8-6-16)44(30)69-22-10-18(9-21(51)31(22)32)68-45-40(64)38(62)35(59)24(71-45)14-66-28(56)11-26(52)53/h1-10,23-25,32,34-41,43,45-47,49-51,58-65H,11-15H2,(H,52,53)(H,54,55). The van der Waals surface area contributed by atoms with Gasteiger partial charge in [-0.15, -0.1) is 0 Å². The minimum Gasteiger partial charge on any atom is -0.508 e. The Labute approximate surface area is 415 Å². The van der Waals surface area contributed by atoms with Gasteiger partial charge in [0.25, 0.3) is 0 Å². The molecule has 16 atom stereocenters. The van der Waals surface area contributed by atoms with Gasteiger partial charge in [-0.3, -0.25) is 23.7 Å². The summed E-state index contributed by atoms with van der Waals surface area (Å²) >= 11 is 0. The molecule has 5 aliphatic heterocycles. The molecule has 398 valence electrons. The highest BCUT2D eigenvalue weighted by molar-refractivity contribution is 5.98. The van der Waals surface area contributed by atoms with Crippen LogP contribution in [0.2, 0.25) is 0 Å². The quantitative estimate of drug-likeness (QED) is 0.0404. The predicted molar refractivity (Wildman–Crippen MR) is 237 cm³/mol. The molecule has 3 aromatic carbocycles. The number of fused-ring (bicyclic) bond motifs is 4. The molecule has 9 rings (SSSR count). The Kier molecular flexibility index (Phi) is 14.7. The van der Waals surface area contributed by atoms with E-state index in [1.807, 2.05) is 0 Å². The van der Waals surface area contributed by atoms with Gasteiger partial charge in [0.15, 0.2) is 12.4 Å². The third-order valence-corrected chi connectivity index (χ3v) is 13.0. The van der Waals surface area contributed by atoms with E-state index in [4.69, 9.17) is 52.8 Å². The SMILES string of the molecule is O=C(O)CC(=O)OCC1OC(Oc2cc(O)c3c(c2)Oc2c4c5ccccc5n2C(c2ccc(O)cc2)=C(OC2OC(COC(=O)CC(=O)O)C(O)C(O)C2OC2OC(CO)C(O)C(O)C2O)C34)C(O)C(O)C1O. The highest BCUT2D eigenvalue weighted by atomic mass is 16.8. The van der Waals surface area contributed by atoms with Crippen molar-refractivity contribution in [2.45, 2.75) is 111 Å². The minimum absolute atomic E-state index is 0.0375. The maximum atomic E-state index is 12.4. The molecule has 3 saturated heterocycles. The number of carbonyl (C=O) groups excluding carboxylic acids is 2. The van der Waals surface area contributed by atoms with E-state index in [1.165, 1.54) is 30.3 Å². The fourth-order valence-electron chi connectivity index (χ4n) is 9.37. The Morgan fingerprint density at radius 1 is 0.608 bits per heavy atom. The number of phenols is 2. The molecule has 74 heavy (non-hydrogen) atoms. The number of rotatable bonds is 16. The summed E-state index contributed by atoms with van der Waals surface area (Å²) in [5.41, 5.74) is 1.26. The fourth-order valence-corrected chi connectivity index (χ4v) is 9.37. The molecule has 0 saturated carbocycles. The van der Waals surface area contributed by atoms with Gasteiger partial charge in [-0.05, 0) is 30.3 Å². The number of hydrogen-bond acceptors (Lipinski definition) is 24.